The van der Waals surface area contributed by atoms with Gasteiger partial charge in [-0.1, -0.05) is 6.07 Å². The second-order valence-electron chi connectivity index (χ2n) is 4.15. The Morgan fingerprint density at radius 1 is 1.32 bits per heavy atom. The molecule has 2 heterocycles. The molecule has 2 aromatic rings. The minimum atomic E-state index is -1.03. The van der Waals surface area contributed by atoms with Crippen LogP contribution in [0.1, 0.15) is 27.6 Å². The minimum absolute atomic E-state index is 0.0393. The van der Waals surface area contributed by atoms with E-state index in [9.17, 15) is 4.79 Å². The second kappa shape index (κ2) is 5.43. The summed E-state index contributed by atoms with van der Waals surface area (Å²) in [5, 5.41) is 11.9. The van der Waals surface area contributed by atoms with Crippen LogP contribution in [-0.2, 0) is 6.54 Å². The van der Waals surface area contributed by atoms with E-state index in [1.165, 1.54) is 12.3 Å². The van der Waals surface area contributed by atoms with Gasteiger partial charge in [0.2, 0.25) is 0 Å². The highest BCUT2D eigenvalue weighted by Crippen LogP contribution is 2.08. The molecule has 2 rings (SSSR count). The summed E-state index contributed by atoms with van der Waals surface area (Å²) in [6, 6.07) is 5.06. The highest BCUT2D eigenvalue weighted by atomic mass is 16.4. The molecule has 0 atom stereocenters. The van der Waals surface area contributed by atoms with Crippen molar-refractivity contribution in [1.82, 2.24) is 15.0 Å². The Hall–Kier alpha value is -2.50. The van der Waals surface area contributed by atoms with Gasteiger partial charge < -0.3 is 10.4 Å². The first kappa shape index (κ1) is 12.9. The van der Waals surface area contributed by atoms with Crippen LogP contribution in [0, 0.1) is 13.8 Å². The number of aromatic carboxylic acids is 1. The molecule has 0 aliphatic rings. The van der Waals surface area contributed by atoms with Crippen LogP contribution >= 0.6 is 0 Å². The first-order chi connectivity index (χ1) is 9.04. The molecule has 0 saturated heterocycles. The average Bonchev–Trinajstić information content (AvgIpc) is 2.36. The number of carboxylic acid groups (broad SMARTS) is 1. The monoisotopic (exact) mass is 258 g/mol. The van der Waals surface area contributed by atoms with Crippen LogP contribution in [0.3, 0.4) is 0 Å². The quantitative estimate of drug-likeness (QED) is 0.869. The van der Waals surface area contributed by atoms with E-state index in [1.54, 1.807) is 6.07 Å². The highest BCUT2D eigenvalue weighted by Gasteiger charge is 2.04. The average molecular weight is 258 g/mol. The maximum absolute atomic E-state index is 10.7. The van der Waals surface area contributed by atoms with E-state index in [1.807, 2.05) is 19.9 Å². The van der Waals surface area contributed by atoms with Crippen LogP contribution in [0.15, 0.2) is 24.4 Å². The second-order valence-corrected chi connectivity index (χ2v) is 4.15. The predicted octanol–water partition coefficient (Wildman–Crippen LogP) is 1.80. The number of aromatic nitrogens is 3. The molecular weight excluding hydrogens is 244 g/mol. The summed E-state index contributed by atoms with van der Waals surface area (Å²) in [7, 11) is 0. The Labute approximate surface area is 110 Å². The van der Waals surface area contributed by atoms with Gasteiger partial charge in [-0.05, 0) is 25.5 Å². The fourth-order valence-corrected chi connectivity index (χ4v) is 1.66. The Balaban J connectivity index is 2.03. The standard InChI is InChI=1S/C13H14N4O2/c1-8-5-12(17-9(2)16-8)15-7-10-3-4-11(13(18)19)14-6-10/h3-6H,7H2,1-2H3,(H,18,19)(H,15,16,17). The van der Waals surface area contributed by atoms with Crippen LogP contribution < -0.4 is 5.32 Å². The summed E-state index contributed by atoms with van der Waals surface area (Å²) in [5.41, 5.74) is 1.82. The largest absolute Gasteiger partial charge is 0.477 e. The van der Waals surface area contributed by atoms with Gasteiger partial charge >= 0.3 is 5.97 Å². The molecule has 0 unspecified atom stereocenters. The van der Waals surface area contributed by atoms with Gasteiger partial charge in [-0.3, -0.25) is 0 Å². The first-order valence-corrected chi connectivity index (χ1v) is 5.79. The Morgan fingerprint density at radius 3 is 2.68 bits per heavy atom. The van der Waals surface area contributed by atoms with Crippen molar-refractivity contribution in [3.8, 4) is 0 Å². The molecule has 0 fully saturated rings. The van der Waals surface area contributed by atoms with Gasteiger partial charge in [0.15, 0.2) is 0 Å². The fourth-order valence-electron chi connectivity index (χ4n) is 1.66. The van der Waals surface area contributed by atoms with Crippen molar-refractivity contribution < 1.29 is 9.90 Å². The molecule has 0 bridgehead atoms. The number of rotatable bonds is 4. The summed E-state index contributed by atoms with van der Waals surface area (Å²) in [6.45, 7) is 4.27. The molecule has 19 heavy (non-hydrogen) atoms. The topological polar surface area (TPSA) is 88.0 Å². The summed E-state index contributed by atoms with van der Waals surface area (Å²) in [6.07, 6.45) is 1.54. The van der Waals surface area contributed by atoms with E-state index in [4.69, 9.17) is 5.11 Å². The van der Waals surface area contributed by atoms with Gasteiger partial charge in [-0.25, -0.2) is 19.7 Å². The van der Waals surface area contributed by atoms with Gasteiger partial charge in [-0.2, -0.15) is 0 Å². The van der Waals surface area contributed by atoms with Crippen molar-refractivity contribution >= 4 is 11.8 Å². The third kappa shape index (κ3) is 3.48. The molecule has 0 aliphatic carbocycles. The lowest BCUT2D eigenvalue weighted by atomic mass is 10.2. The molecule has 2 N–H and O–H groups in total. The lowest BCUT2D eigenvalue weighted by Crippen LogP contribution is -2.05. The van der Waals surface area contributed by atoms with Gasteiger partial charge in [0.25, 0.3) is 0 Å². The molecule has 6 nitrogen and oxygen atoms in total. The number of hydrogen-bond donors (Lipinski definition) is 2. The molecule has 0 spiro atoms. The lowest BCUT2D eigenvalue weighted by Gasteiger charge is -2.07. The van der Waals surface area contributed by atoms with E-state index in [2.05, 4.69) is 20.3 Å². The third-order valence-corrected chi connectivity index (χ3v) is 2.48. The number of nitrogens with zero attached hydrogens (tertiary/aromatic N) is 3. The van der Waals surface area contributed by atoms with Crippen molar-refractivity contribution in [3.05, 3.63) is 47.2 Å². The summed E-state index contributed by atoms with van der Waals surface area (Å²) in [4.78, 5) is 23.0. The Morgan fingerprint density at radius 2 is 2.11 bits per heavy atom. The number of carbonyl (C=O) groups is 1. The minimum Gasteiger partial charge on any atom is -0.477 e. The molecule has 0 aliphatic heterocycles. The number of carboxylic acids is 1. The van der Waals surface area contributed by atoms with E-state index in [0.29, 0.717) is 12.4 Å². The SMILES string of the molecule is Cc1cc(NCc2ccc(C(=O)O)nc2)nc(C)n1. The molecule has 0 saturated carbocycles. The van der Waals surface area contributed by atoms with E-state index < -0.39 is 5.97 Å². The van der Waals surface area contributed by atoms with Crippen LogP contribution in [-0.4, -0.2) is 26.0 Å². The van der Waals surface area contributed by atoms with E-state index in [-0.39, 0.29) is 5.69 Å². The van der Waals surface area contributed by atoms with Crippen molar-refractivity contribution in [1.29, 1.82) is 0 Å². The van der Waals surface area contributed by atoms with Crippen molar-refractivity contribution in [2.45, 2.75) is 20.4 Å². The fraction of sp³-hybridized carbons (Fsp3) is 0.231. The predicted molar refractivity (Wildman–Crippen MR) is 70.0 cm³/mol. The van der Waals surface area contributed by atoms with Crippen LogP contribution in [0.2, 0.25) is 0 Å². The zero-order valence-corrected chi connectivity index (χ0v) is 10.7. The van der Waals surface area contributed by atoms with Crippen LogP contribution in [0.25, 0.3) is 0 Å². The lowest BCUT2D eigenvalue weighted by molar-refractivity contribution is 0.0690. The first-order valence-electron chi connectivity index (χ1n) is 5.79. The number of anilines is 1. The molecule has 98 valence electrons. The Kier molecular flexibility index (Phi) is 3.70. The number of aryl methyl sites for hydroxylation is 2. The number of hydrogen-bond acceptors (Lipinski definition) is 5. The van der Waals surface area contributed by atoms with Gasteiger partial charge in [-0.15, -0.1) is 0 Å². The summed E-state index contributed by atoms with van der Waals surface area (Å²) in [5.74, 6) is 0.427. The van der Waals surface area contributed by atoms with Crippen LogP contribution in [0.5, 0.6) is 0 Å². The summed E-state index contributed by atoms with van der Waals surface area (Å²) >= 11 is 0. The molecular formula is C13H14N4O2. The Bertz CT molecular complexity index is 576. The zero-order valence-electron chi connectivity index (χ0n) is 10.7. The maximum atomic E-state index is 10.7. The molecule has 0 amide bonds. The normalized spacial score (nSPS) is 10.2. The van der Waals surface area contributed by atoms with Gasteiger partial charge in [0, 0.05) is 24.5 Å². The highest BCUT2D eigenvalue weighted by molar-refractivity contribution is 5.85. The zero-order chi connectivity index (χ0) is 13.8. The molecule has 0 radical (unpaired) electrons. The smallest absolute Gasteiger partial charge is 0.354 e. The van der Waals surface area contributed by atoms with Crippen molar-refractivity contribution in [3.63, 3.8) is 0 Å². The summed E-state index contributed by atoms with van der Waals surface area (Å²) < 4.78 is 0. The molecule has 6 heteroatoms. The van der Waals surface area contributed by atoms with E-state index in [0.717, 1.165) is 17.1 Å². The maximum Gasteiger partial charge on any atom is 0.354 e. The van der Waals surface area contributed by atoms with E-state index >= 15 is 0 Å². The third-order valence-electron chi connectivity index (χ3n) is 2.48. The number of nitrogens with one attached hydrogen (secondary N) is 1. The number of pyridine rings is 1. The van der Waals surface area contributed by atoms with Crippen molar-refractivity contribution in [2.75, 3.05) is 5.32 Å². The van der Waals surface area contributed by atoms with Crippen molar-refractivity contribution in [2.24, 2.45) is 0 Å². The molecule has 2 aromatic heterocycles. The molecule has 0 aromatic carbocycles. The van der Waals surface area contributed by atoms with Crippen LogP contribution in [0.4, 0.5) is 5.82 Å². The van der Waals surface area contributed by atoms with Gasteiger partial charge in [0.1, 0.15) is 17.3 Å². The van der Waals surface area contributed by atoms with Gasteiger partial charge in [0.05, 0.1) is 0 Å².